The molecule has 96 valence electrons. The van der Waals surface area contributed by atoms with Crippen LogP contribution in [0.1, 0.15) is 53.4 Å². The van der Waals surface area contributed by atoms with Gasteiger partial charge in [-0.15, -0.1) is 0 Å². The molecule has 0 aromatic carbocycles. The van der Waals surface area contributed by atoms with Crippen molar-refractivity contribution in [2.24, 2.45) is 17.6 Å². The number of piperidine rings is 1. The van der Waals surface area contributed by atoms with Crippen LogP contribution in [0.25, 0.3) is 0 Å². The summed E-state index contributed by atoms with van der Waals surface area (Å²) in [5.74, 6) is 1.52. The van der Waals surface area contributed by atoms with Gasteiger partial charge in [0.05, 0.1) is 0 Å². The highest BCUT2D eigenvalue weighted by atomic mass is 15.2. The van der Waals surface area contributed by atoms with Crippen LogP contribution in [0.15, 0.2) is 0 Å². The lowest BCUT2D eigenvalue weighted by Gasteiger charge is -2.40. The monoisotopic (exact) mass is 226 g/mol. The summed E-state index contributed by atoms with van der Waals surface area (Å²) in [6.07, 6.45) is 5.12. The fraction of sp³-hybridized carbons (Fsp3) is 1.00. The third-order valence-corrected chi connectivity index (χ3v) is 4.36. The molecule has 1 rings (SSSR count). The van der Waals surface area contributed by atoms with Crippen LogP contribution in [0.2, 0.25) is 0 Å². The molecule has 4 atom stereocenters. The minimum atomic E-state index is 0.428. The molecule has 1 fully saturated rings. The summed E-state index contributed by atoms with van der Waals surface area (Å²) in [4.78, 5) is 2.68. The first-order chi connectivity index (χ1) is 7.58. The van der Waals surface area contributed by atoms with Crippen molar-refractivity contribution in [1.82, 2.24) is 4.90 Å². The molecule has 0 aliphatic carbocycles. The molecule has 16 heavy (non-hydrogen) atoms. The normalized spacial score (nSPS) is 31.3. The number of rotatable bonds is 5. The van der Waals surface area contributed by atoms with Crippen molar-refractivity contribution in [3.63, 3.8) is 0 Å². The zero-order chi connectivity index (χ0) is 12.1. The Morgan fingerprint density at radius 2 is 2.00 bits per heavy atom. The first-order valence-corrected chi connectivity index (χ1v) is 7.08. The average molecular weight is 226 g/mol. The van der Waals surface area contributed by atoms with Gasteiger partial charge in [0.15, 0.2) is 0 Å². The quantitative estimate of drug-likeness (QED) is 0.781. The van der Waals surface area contributed by atoms with Crippen molar-refractivity contribution in [2.75, 3.05) is 13.1 Å². The lowest BCUT2D eigenvalue weighted by Crippen LogP contribution is -2.49. The van der Waals surface area contributed by atoms with Crippen molar-refractivity contribution in [2.45, 2.75) is 65.5 Å². The first kappa shape index (κ1) is 14.0. The Hall–Kier alpha value is -0.0800. The smallest absolute Gasteiger partial charge is 0.00953 e. The van der Waals surface area contributed by atoms with Gasteiger partial charge >= 0.3 is 0 Å². The minimum Gasteiger partial charge on any atom is -0.327 e. The van der Waals surface area contributed by atoms with Crippen molar-refractivity contribution in [3.05, 3.63) is 0 Å². The molecule has 1 heterocycles. The van der Waals surface area contributed by atoms with Gasteiger partial charge in [-0.05, 0) is 37.6 Å². The molecule has 0 aromatic rings. The highest BCUT2D eigenvalue weighted by Gasteiger charge is 2.27. The van der Waals surface area contributed by atoms with Crippen LogP contribution in [0.3, 0.4) is 0 Å². The summed E-state index contributed by atoms with van der Waals surface area (Å²) in [6, 6.07) is 1.21. The minimum absolute atomic E-state index is 0.428. The summed E-state index contributed by atoms with van der Waals surface area (Å²) in [6.45, 7) is 11.7. The van der Waals surface area contributed by atoms with Crippen molar-refractivity contribution in [1.29, 1.82) is 0 Å². The maximum absolute atomic E-state index is 6.08. The Morgan fingerprint density at radius 3 is 2.50 bits per heavy atom. The van der Waals surface area contributed by atoms with Gasteiger partial charge in [-0.25, -0.2) is 0 Å². The van der Waals surface area contributed by atoms with Crippen LogP contribution in [0.4, 0.5) is 0 Å². The van der Waals surface area contributed by atoms with E-state index in [4.69, 9.17) is 5.73 Å². The van der Waals surface area contributed by atoms with E-state index in [1.807, 2.05) is 0 Å². The highest BCUT2D eigenvalue weighted by Crippen LogP contribution is 2.23. The second-order valence-corrected chi connectivity index (χ2v) is 5.74. The Balaban J connectivity index is 2.47. The standard InChI is InChI=1S/C14H30N2/c1-5-11(3)9-13(6-2)16-8-7-14(15)12(4)10-16/h11-14H,5-10,15H2,1-4H3. The predicted octanol–water partition coefficient (Wildman–Crippen LogP) is 2.87. The fourth-order valence-electron chi connectivity index (χ4n) is 2.73. The molecule has 0 spiro atoms. The van der Waals surface area contributed by atoms with Crippen LogP contribution in [0, 0.1) is 11.8 Å². The molecule has 0 saturated carbocycles. The number of hydrogen-bond donors (Lipinski definition) is 1. The molecule has 0 aromatic heterocycles. The van der Waals surface area contributed by atoms with Gasteiger partial charge in [-0.3, -0.25) is 0 Å². The van der Waals surface area contributed by atoms with Gasteiger partial charge in [0.2, 0.25) is 0 Å². The lowest BCUT2D eigenvalue weighted by molar-refractivity contribution is 0.0985. The molecule has 2 N–H and O–H groups in total. The lowest BCUT2D eigenvalue weighted by atomic mass is 9.90. The molecule has 2 nitrogen and oxygen atoms in total. The number of nitrogens with two attached hydrogens (primary N) is 1. The van der Waals surface area contributed by atoms with Gasteiger partial charge in [-0.2, -0.15) is 0 Å². The van der Waals surface area contributed by atoms with Crippen LogP contribution in [0.5, 0.6) is 0 Å². The van der Waals surface area contributed by atoms with Crippen LogP contribution in [-0.4, -0.2) is 30.1 Å². The number of likely N-dealkylation sites (tertiary alicyclic amines) is 1. The SMILES string of the molecule is CCC(C)CC(CC)N1CCC(N)C(C)C1. The molecule has 0 amide bonds. The second kappa shape index (κ2) is 6.61. The van der Waals surface area contributed by atoms with Gasteiger partial charge < -0.3 is 10.6 Å². The molecule has 2 heteroatoms. The van der Waals surface area contributed by atoms with Gasteiger partial charge in [0.25, 0.3) is 0 Å². The third-order valence-electron chi connectivity index (χ3n) is 4.36. The highest BCUT2D eigenvalue weighted by molar-refractivity contribution is 4.84. The van der Waals surface area contributed by atoms with Crippen LogP contribution < -0.4 is 5.73 Å². The molecule has 0 bridgehead atoms. The molecule has 1 aliphatic heterocycles. The van der Waals surface area contributed by atoms with Crippen LogP contribution >= 0.6 is 0 Å². The zero-order valence-electron chi connectivity index (χ0n) is 11.6. The Labute approximate surface area is 102 Å². The Kier molecular flexibility index (Phi) is 5.77. The first-order valence-electron chi connectivity index (χ1n) is 7.08. The van der Waals surface area contributed by atoms with Gasteiger partial charge in [0, 0.05) is 18.6 Å². The summed E-state index contributed by atoms with van der Waals surface area (Å²) < 4.78 is 0. The van der Waals surface area contributed by atoms with E-state index >= 15 is 0 Å². The van der Waals surface area contributed by atoms with E-state index in [0.717, 1.165) is 12.0 Å². The van der Waals surface area contributed by atoms with E-state index in [0.29, 0.717) is 12.0 Å². The topological polar surface area (TPSA) is 29.3 Å². The molecule has 1 aliphatic rings. The summed E-state index contributed by atoms with van der Waals surface area (Å²) in [7, 11) is 0. The van der Waals surface area contributed by atoms with Gasteiger partial charge in [0.1, 0.15) is 0 Å². The average Bonchev–Trinajstić information content (AvgIpc) is 2.29. The van der Waals surface area contributed by atoms with Crippen molar-refractivity contribution >= 4 is 0 Å². The van der Waals surface area contributed by atoms with E-state index in [1.54, 1.807) is 0 Å². The van der Waals surface area contributed by atoms with Crippen molar-refractivity contribution in [3.8, 4) is 0 Å². The van der Waals surface area contributed by atoms with Gasteiger partial charge in [-0.1, -0.05) is 34.1 Å². The zero-order valence-corrected chi connectivity index (χ0v) is 11.6. The maximum atomic E-state index is 6.08. The van der Waals surface area contributed by atoms with E-state index in [2.05, 4.69) is 32.6 Å². The summed E-state index contributed by atoms with van der Waals surface area (Å²) in [5.41, 5.74) is 6.08. The predicted molar refractivity (Wildman–Crippen MR) is 71.5 cm³/mol. The largest absolute Gasteiger partial charge is 0.327 e. The fourth-order valence-corrected chi connectivity index (χ4v) is 2.73. The second-order valence-electron chi connectivity index (χ2n) is 5.74. The summed E-state index contributed by atoms with van der Waals surface area (Å²) >= 11 is 0. The van der Waals surface area contributed by atoms with Crippen LogP contribution in [-0.2, 0) is 0 Å². The number of nitrogens with zero attached hydrogens (tertiary/aromatic N) is 1. The molecular weight excluding hydrogens is 196 g/mol. The van der Waals surface area contributed by atoms with Crippen molar-refractivity contribution < 1.29 is 0 Å². The third kappa shape index (κ3) is 3.74. The Bertz CT molecular complexity index is 191. The molecule has 4 unspecified atom stereocenters. The van der Waals surface area contributed by atoms with E-state index < -0.39 is 0 Å². The molecule has 1 saturated heterocycles. The van der Waals surface area contributed by atoms with E-state index in [-0.39, 0.29) is 0 Å². The number of hydrogen-bond acceptors (Lipinski definition) is 2. The van der Waals surface area contributed by atoms with E-state index in [9.17, 15) is 0 Å². The van der Waals surface area contributed by atoms with E-state index in [1.165, 1.54) is 38.8 Å². The molecule has 0 radical (unpaired) electrons. The molecular formula is C14H30N2. The maximum Gasteiger partial charge on any atom is 0.00953 e. The summed E-state index contributed by atoms with van der Waals surface area (Å²) in [5, 5.41) is 0. The Morgan fingerprint density at radius 1 is 1.31 bits per heavy atom.